The summed E-state index contributed by atoms with van der Waals surface area (Å²) in [4.78, 5) is 28.6. The van der Waals surface area contributed by atoms with Gasteiger partial charge >= 0.3 is 0 Å². The molecule has 0 unspecified atom stereocenters. The molecule has 2 fully saturated rings. The molecule has 1 aliphatic carbocycles. The molecule has 0 bridgehead atoms. The Morgan fingerprint density at radius 1 is 1.00 bits per heavy atom. The van der Waals surface area contributed by atoms with E-state index in [1.807, 2.05) is 9.80 Å². The summed E-state index contributed by atoms with van der Waals surface area (Å²) in [6, 6.07) is 5.25. The molecule has 28 heavy (non-hydrogen) atoms. The van der Waals surface area contributed by atoms with E-state index in [1.165, 1.54) is 25.7 Å². The van der Waals surface area contributed by atoms with Crippen molar-refractivity contribution in [2.45, 2.75) is 44.9 Å². The van der Waals surface area contributed by atoms with E-state index in [4.69, 9.17) is 27.9 Å². The lowest BCUT2D eigenvalue weighted by Crippen LogP contribution is -2.50. The van der Waals surface area contributed by atoms with E-state index in [-0.39, 0.29) is 11.8 Å². The maximum absolute atomic E-state index is 12.4. The maximum atomic E-state index is 12.4. The van der Waals surface area contributed by atoms with Crippen molar-refractivity contribution in [3.8, 4) is 5.75 Å². The summed E-state index contributed by atoms with van der Waals surface area (Å²) in [5.74, 6) is 1.48. The third-order valence-corrected chi connectivity index (χ3v) is 6.43. The molecule has 3 rings (SSSR count). The molecular formula is C21H28Cl2N2O3. The van der Waals surface area contributed by atoms with Crippen molar-refractivity contribution in [2.24, 2.45) is 5.92 Å². The van der Waals surface area contributed by atoms with E-state index >= 15 is 0 Å². The molecule has 1 aliphatic heterocycles. The number of carbonyl (C=O) groups excluding carboxylic acids is 2. The number of hydrogen-bond donors (Lipinski definition) is 0. The average molecular weight is 427 g/mol. The fraction of sp³-hybridized carbons (Fsp3) is 0.619. The van der Waals surface area contributed by atoms with Crippen molar-refractivity contribution in [3.05, 3.63) is 28.2 Å². The first-order chi connectivity index (χ1) is 13.5. The van der Waals surface area contributed by atoms with Gasteiger partial charge in [-0.05, 0) is 37.3 Å². The van der Waals surface area contributed by atoms with E-state index in [0.717, 1.165) is 0 Å². The molecule has 7 heteroatoms. The number of benzene rings is 1. The lowest BCUT2D eigenvalue weighted by molar-refractivity contribution is -0.140. The molecule has 1 saturated carbocycles. The number of halogens is 2. The second-order valence-corrected chi connectivity index (χ2v) is 8.41. The van der Waals surface area contributed by atoms with Gasteiger partial charge in [0.25, 0.3) is 0 Å². The molecule has 0 radical (unpaired) electrons. The normalized spacial score (nSPS) is 17.8. The lowest BCUT2D eigenvalue weighted by atomic mass is 10.0. The van der Waals surface area contributed by atoms with Crippen LogP contribution in [0, 0.1) is 5.92 Å². The van der Waals surface area contributed by atoms with Gasteiger partial charge in [0.1, 0.15) is 10.8 Å². The minimum Gasteiger partial charge on any atom is -0.492 e. The van der Waals surface area contributed by atoms with E-state index < -0.39 is 0 Å². The van der Waals surface area contributed by atoms with Crippen LogP contribution in [0.15, 0.2) is 18.2 Å². The monoisotopic (exact) mass is 426 g/mol. The third-order valence-electron chi connectivity index (χ3n) is 5.63. The number of hydrogen-bond acceptors (Lipinski definition) is 3. The fourth-order valence-corrected chi connectivity index (χ4v) is 4.30. The Kier molecular flexibility index (Phi) is 7.86. The number of carbonyl (C=O) groups is 2. The van der Waals surface area contributed by atoms with Gasteiger partial charge < -0.3 is 14.5 Å². The molecule has 1 aromatic carbocycles. The third kappa shape index (κ3) is 5.77. The number of ether oxygens (including phenoxy) is 1. The van der Waals surface area contributed by atoms with Crippen molar-refractivity contribution < 1.29 is 14.3 Å². The average Bonchev–Trinajstić information content (AvgIpc) is 3.21. The number of amides is 2. The summed E-state index contributed by atoms with van der Waals surface area (Å²) in [5, 5.41) is 0.851. The molecule has 0 N–H and O–H groups in total. The Balaban J connectivity index is 1.33. The molecule has 0 aromatic heterocycles. The van der Waals surface area contributed by atoms with Gasteiger partial charge in [0, 0.05) is 39.0 Å². The smallest absolute Gasteiger partial charge is 0.222 e. The van der Waals surface area contributed by atoms with Crippen molar-refractivity contribution in [2.75, 3.05) is 32.8 Å². The van der Waals surface area contributed by atoms with Crippen LogP contribution in [-0.2, 0) is 9.59 Å². The summed E-state index contributed by atoms with van der Waals surface area (Å²) in [6.07, 6.45) is 6.61. The topological polar surface area (TPSA) is 49.9 Å². The van der Waals surface area contributed by atoms with Crippen LogP contribution in [0.3, 0.4) is 0 Å². The standard InChI is InChI=1S/C21H28Cl2N2O3/c22-17-7-3-8-18(21(17)23)28-14-4-9-19(26)24-10-12-25(13-11-24)20(27)15-16-5-1-2-6-16/h3,7-8,16H,1-2,4-6,9-15H2. The lowest BCUT2D eigenvalue weighted by Gasteiger charge is -2.35. The van der Waals surface area contributed by atoms with Crippen molar-refractivity contribution in [3.63, 3.8) is 0 Å². The maximum Gasteiger partial charge on any atom is 0.222 e. The van der Waals surface area contributed by atoms with Gasteiger partial charge in [-0.15, -0.1) is 0 Å². The van der Waals surface area contributed by atoms with Crippen LogP contribution >= 0.6 is 23.2 Å². The Bertz CT molecular complexity index is 684. The van der Waals surface area contributed by atoms with E-state index in [2.05, 4.69) is 0 Å². The van der Waals surface area contributed by atoms with Gasteiger partial charge in [-0.25, -0.2) is 0 Å². The van der Waals surface area contributed by atoms with Crippen LogP contribution in [0.4, 0.5) is 0 Å². The van der Waals surface area contributed by atoms with Crippen molar-refractivity contribution in [1.29, 1.82) is 0 Å². The zero-order valence-corrected chi connectivity index (χ0v) is 17.7. The highest BCUT2D eigenvalue weighted by Gasteiger charge is 2.26. The minimum absolute atomic E-state index is 0.115. The molecule has 154 valence electrons. The van der Waals surface area contributed by atoms with Gasteiger partial charge in [-0.2, -0.15) is 0 Å². The molecule has 0 spiro atoms. The summed E-state index contributed by atoms with van der Waals surface area (Å²) in [7, 11) is 0. The zero-order valence-electron chi connectivity index (χ0n) is 16.2. The van der Waals surface area contributed by atoms with Gasteiger partial charge in [-0.1, -0.05) is 42.1 Å². The van der Waals surface area contributed by atoms with Gasteiger partial charge in [0.15, 0.2) is 0 Å². The predicted molar refractivity (Wildman–Crippen MR) is 111 cm³/mol. The molecule has 0 atom stereocenters. The highest BCUT2D eigenvalue weighted by Crippen LogP contribution is 2.31. The van der Waals surface area contributed by atoms with E-state index in [9.17, 15) is 9.59 Å². The predicted octanol–water partition coefficient (Wildman–Crippen LogP) is 4.40. The van der Waals surface area contributed by atoms with Gasteiger partial charge in [-0.3, -0.25) is 9.59 Å². The number of rotatable bonds is 7. The van der Waals surface area contributed by atoms with Crippen LogP contribution in [-0.4, -0.2) is 54.4 Å². The van der Waals surface area contributed by atoms with E-state index in [0.29, 0.717) is 73.8 Å². The molecule has 2 amide bonds. The number of nitrogens with zero attached hydrogens (tertiary/aromatic N) is 2. The highest BCUT2D eigenvalue weighted by molar-refractivity contribution is 6.42. The molecule has 1 saturated heterocycles. The van der Waals surface area contributed by atoms with E-state index in [1.54, 1.807) is 18.2 Å². The quantitative estimate of drug-likeness (QED) is 0.606. The Labute approximate surface area is 176 Å². The van der Waals surface area contributed by atoms with Crippen LogP contribution in [0.25, 0.3) is 0 Å². The number of piperazine rings is 1. The summed E-state index contributed by atoms with van der Waals surface area (Å²) in [5.41, 5.74) is 0. The molecule has 1 aromatic rings. The Morgan fingerprint density at radius 3 is 2.32 bits per heavy atom. The molecule has 5 nitrogen and oxygen atoms in total. The first kappa shape index (κ1) is 21.3. The zero-order chi connectivity index (χ0) is 19.9. The van der Waals surface area contributed by atoms with Gasteiger partial charge in [0.2, 0.25) is 11.8 Å². The SMILES string of the molecule is O=C(CCCOc1cccc(Cl)c1Cl)N1CCN(C(=O)CC2CCCC2)CC1. The summed E-state index contributed by atoms with van der Waals surface area (Å²) >= 11 is 12.0. The summed E-state index contributed by atoms with van der Waals surface area (Å²) < 4.78 is 5.63. The van der Waals surface area contributed by atoms with Crippen LogP contribution in [0.5, 0.6) is 5.75 Å². The highest BCUT2D eigenvalue weighted by atomic mass is 35.5. The fourth-order valence-electron chi connectivity index (χ4n) is 3.95. The summed E-state index contributed by atoms with van der Waals surface area (Å²) in [6.45, 7) is 2.94. The minimum atomic E-state index is 0.115. The molecule has 1 heterocycles. The Morgan fingerprint density at radius 2 is 1.64 bits per heavy atom. The molecular weight excluding hydrogens is 399 g/mol. The second kappa shape index (κ2) is 10.4. The van der Waals surface area contributed by atoms with Crippen LogP contribution in [0.1, 0.15) is 44.9 Å². The van der Waals surface area contributed by atoms with Crippen molar-refractivity contribution in [1.82, 2.24) is 9.80 Å². The van der Waals surface area contributed by atoms with Crippen LogP contribution in [0.2, 0.25) is 10.0 Å². The largest absolute Gasteiger partial charge is 0.492 e. The van der Waals surface area contributed by atoms with Crippen LogP contribution < -0.4 is 4.74 Å². The Hall–Kier alpha value is -1.46. The first-order valence-electron chi connectivity index (χ1n) is 10.2. The molecule has 2 aliphatic rings. The van der Waals surface area contributed by atoms with Gasteiger partial charge in [0.05, 0.1) is 11.6 Å². The van der Waals surface area contributed by atoms with Crippen molar-refractivity contribution >= 4 is 35.0 Å². The first-order valence-corrected chi connectivity index (χ1v) is 10.9. The second-order valence-electron chi connectivity index (χ2n) is 7.62.